The zero-order valence-electron chi connectivity index (χ0n) is 12.1. The van der Waals surface area contributed by atoms with Gasteiger partial charge in [-0.05, 0) is 48.8 Å². The molecule has 0 amide bonds. The highest BCUT2D eigenvalue weighted by Crippen LogP contribution is 2.36. The van der Waals surface area contributed by atoms with Crippen molar-refractivity contribution in [3.8, 4) is 0 Å². The van der Waals surface area contributed by atoms with Crippen molar-refractivity contribution in [3.63, 3.8) is 0 Å². The molecule has 0 aliphatic heterocycles. The molecule has 0 saturated heterocycles. The molecule has 1 heteroatoms. The molecule has 1 aromatic rings. The predicted octanol–water partition coefficient (Wildman–Crippen LogP) is 4.65. The Balaban J connectivity index is 2.05. The van der Waals surface area contributed by atoms with Crippen molar-refractivity contribution in [1.29, 1.82) is 0 Å². The van der Waals surface area contributed by atoms with Crippen LogP contribution in [-0.4, -0.2) is 6.54 Å². The van der Waals surface area contributed by atoms with Crippen molar-refractivity contribution in [3.05, 3.63) is 35.4 Å². The van der Waals surface area contributed by atoms with Gasteiger partial charge in [0.25, 0.3) is 0 Å². The Morgan fingerprint density at radius 3 is 2.28 bits per heavy atom. The maximum atomic E-state index is 3.66. The molecule has 1 fully saturated rings. The number of benzene rings is 1. The molecular formula is C17H27N. The van der Waals surface area contributed by atoms with E-state index >= 15 is 0 Å². The number of rotatable bonds is 6. The lowest BCUT2D eigenvalue weighted by Crippen LogP contribution is -2.26. The first-order valence-corrected chi connectivity index (χ1v) is 7.55. The largest absolute Gasteiger partial charge is 0.310 e. The molecule has 0 aromatic heterocycles. The normalized spacial score (nSPS) is 17.8. The fourth-order valence-corrected chi connectivity index (χ4v) is 2.76. The average molecular weight is 245 g/mol. The molecule has 1 aromatic carbocycles. The van der Waals surface area contributed by atoms with E-state index in [-0.39, 0.29) is 0 Å². The first kappa shape index (κ1) is 13.6. The summed E-state index contributed by atoms with van der Waals surface area (Å²) in [5.74, 6) is 1.49. The zero-order valence-corrected chi connectivity index (χ0v) is 12.1. The lowest BCUT2D eigenvalue weighted by Gasteiger charge is -2.27. The fourth-order valence-electron chi connectivity index (χ4n) is 2.76. The molecule has 100 valence electrons. The summed E-state index contributed by atoms with van der Waals surface area (Å²) in [7, 11) is 0. The summed E-state index contributed by atoms with van der Waals surface area (Å²) in [4.78, 5) is 0. The highest BCUT2D eigenvalue weighted by molar-refractivity contribution is 5.28. The van der Waals surface area contributed by atoms with Crippen LogP contribution in [-0.2, 0) is 0 Å². The maximum absolute atomic E-state index is 3.66. The van der Waals surface area contributed by atoms with Crippen molar-refractivity contribution in [2.45, 2.75) is 58.4 Å². The minimum atomic E-state index is 0.500. The molecule has 1 aliphatic carbocycles. The molecular weight excluding hydrogens is 218 g/mol. The van der Waals surface area contributed by atoms with E-state index in [1.54, 1.807) is 5.56 Å². The molecule has 1 nitrogen and oxygen atoms in total. The van der Waals surface area contributed by atoms with Crippen molar-refractivity contribution >= 4 is 0 Å². The quantitative estimate of drug-likeness (QED) is 0.769. The van der Waals surface area contributed by atoms with Gasteiger partial charge in [0.15, 0.2) is 0 Å². The van der Waals surface area contributed by atoms with E-state index < -0.39 is 0 Å². The topological polar surface area (TPSA) is 12.0 Å². The summed E-state index contributed by atoms with van der Waals surface area (Å²) in [5.41, 5.74) is 2.99. The van der Waals surface area contributed by atoms with Gasteiger partial charge in [0.1, 0.15) is 0 Å². The van der Waals surface area contributed by atoms with E-state index in [1.165, 1.54) is 31.2 Å². The van der Waals surface area contributed by atoms with Gasteiger partial charge in [-0.1, -0.05) is 51.5 Å². The van der Waals surface area contributed by atoms with Crippen LogP contribution < -0.4 is 5.32 Å². The molecule has 1 saturated carbocycles. The van der Waals surface area contributed by atoms with Crippen molar-refractivity contribution in [2.24, 2.45) is 5.92 Å². The summed E-state index contributed by atoms with van der Waals surface area (Å²) in [6, 6.07) is 9.87. The smallest absolute Gasteiger partial charge is 0.0343 e. The predicted molar refractivity (Wildman–Crippen MR) is 78.9 cm³/mol. The lowest BCUT2D eigenvalue weighted by molar-refractivity contribution is 0.409. The van der Waals surface area contributed by atoms with Crippen LogP contribution in [0.1, 0.15) is 69.5 Å². The molecule has 18 heavy (non-hydrogen) atoms. The van der Waals surface area contributed by atoms with E-state index in [9.17, 15) is 0 Å². The number of hydrogen-bond donors (Lipinski definition) is 1. The van der Waals surface area contributed by atoms with Crippen LogP contribution >= 0.6 is 0 Å². The van der Waals surface area contributed by atoms with Gasteiger partial charge < -0.3 is 5.32 Å². The molecule has 1 unspecified atom stereocenters. The Bertz CT molecular complexity index is 348. The third-order valence-electron chi connectivity index (χ3n) is 4.15. The van der Waals surface area contributed by atoms with E-state index in [0.29, 0.717) is 12.0 Å². The van der Waals surface area contributed by atoms with Gasteiger partial charge in [0.2, 0.25) is 0 Å². The second-order valence-electron chi connectivity index (χ2n) is 5.97. The Morgan fingerprint density at radius 2 is 1.83 bits per heavy atom. The maximum Gasteiger partial charge on any atom is 0.0343 e. The van der Waals surface area contributed by atoms with Crippen LogP contribution in [0.25, 0.3) is 0 Å². The lowest BCUT2D eigenvalue weighted by atomic mass is 9.79. The van der Waals surface area contributed by atoms with E-state index in [0.717, 1.165) is 12.5 Å². The van der Waals surface area contributed by atoms with E-state index in [2.05, 4.69) is 50.4 Å². The monoisotopic (exact) mass is 245 g/mol. The summed E-state index contributed by atoms with van der Waals surface area (Å²) in [5, 5.41) is 3.66. The van der Waals surface area contributed by atoms with Gasteiger partial charge in [-0.15, -0.1) is 0 Å². The summed E-state index contributed by atoms with van der Waals surface area (Å²) in [6.07, 6.45) is 5.39. The molecule has 2 rings (SSSR count). The Labute approximate surface area is 112 Å². The first-order chi connectivity index (χ1) is 8.72. The number of hydrogen-bond acceptors (Lipinski definition) is 1. The Hall–Kier alpha value is -0.820. The van der Waals surface area contributed by atoms with Crippen molar-refractivity contribution in [1.82, 2.24) is 5.32 Å². The highest BCUT2D eigenvalue weighted by Gasteiger charge is 2.20. The van der Waals surface area contributed by atoms with Gasteiger partial charge in [0.05, 0.1) is 0 Å². The van der Waals surface area contributed by atoms with E-state index in [1.807, 2.05) is 0 Å². The molecule has 1 aliphatic rings. The Morgan fingerprint density at radius 1 is 1.17 bits per heavy atom. The van der Waals surface area contributed by atoms with Gasteiger partial charge in [-0.25, -0.2) is 0 Å². The second-order valence-corrected chi connectivity index (χ2v) is 5.97. The zero-order chi connectivity index (χ0) is 13.0. The summed E-state index contributed by atoms with van der Waals surface area (Å²) < 4.78 is 0. The van der Waals surface area contributed by atoms with Gasteiger partial charge >= 0.3 is 0 Å². The molecule has 1 N–H and O–H groups in total. The van der Waals surface area contributed by atoms with Gasteiger partial charge in [-0.3, -0.25) is 0 Å². The molecule has 0 spiro atoms. The molecule has 1 atom stereocenters. The number of nitrogens with one attached hydrogen (secondary N) is 1. The standard InChI is InChI=1S/C17H27N/c1-4-12-18-17(13(2)3)16-10-8-15(9-11-16)14-6-5-7-14/h8-11,13-14,17-18H,4-7,12H2,1-3H3. The molecule has 0 bridgehead atoms. The third kappa shape index (κ3) is 3.14. The minimum Gasteiger partial charge on any atom is -0.310 e. The SMILES string of the molecule is CCCNC(c1ccc(C2CCC2)cc1)C(C)C. The van der Waals surface area contributed by atoms with Gasteiger partial charge in [-0.2, -0.15) is 0 Å². The summed E-state index contributed by atoms with van der Waals surface area (Å²) >= 11 is 0. The Kier molecular flexibility index (Phi) is 4.82. The van der Waals surface area contributed by atoms with Gasteiger partial charge in [0, 0.05) is 6.04 Å². The third-order valence-corrected chi connectivity index (χ3v) is 4.15. The van der Waals surface area contributed by atoms with E-state index in [4.69, 9.17) is 0 Å². The van der Waals surface area contributed by atoms with Crippen LogP contribution in [0.15, 0.2) is 24.3 Å². The minimum absolute atomic E-state index is 0.500. The fraction of sp³-hybridized carbons (Fsp3) is 0.647. The first-order valence-electron chi connectivity index (χ1n) is 7.55. The van der Waals surface area contributed by atoms with Crippen molar-refractivity contribution in [2.75, 3.05) is 6.54 Å². The van der Waals surface area contributed by atoms with Crippen LogP contribution in [0.2, 0.25) is 0 Å². The van der Waals surface area contributed by atoms with Crippen LogP contribution in [0.5, 0.6) is 0 Å². The molecule has 0 radical (unpaired) electrons. The van der Waals surface area contributed by atoms with Crippen molar-refractivity contribution < 1.29 is 0 Å². The second kappa shape index (κ2) is 6.38. The van der Waals surface area contributed by atoms with Crippen LogP contribution in [0.4, 0.5) is 0 Å². The average Bonchev–Trinajstić information content (AvgIpc) is 2.29. The van der Waals surface area contributed by atoms with Crippen LogP contribution in [0.3, 0.4) is 0 Å². The summed E-state index contributed by atoms with van der Waals surface area (Å²) in [6.45, 7) is 7.93. The van der Waals surface area contributed by atoms with Crippen LogP contribution in [0, 0.1) is 5.92 Å². The molecule has 0 heterocycles. The highest BCUT2D eigenvalue weighted by atomic mass is 14.9.